The maximum atomic E-state index is 5.11. The molecule has 0 unspecified atom stereocenters. The molecule has 0 amide bonds. The summed E-state index contributed by atoms with van der Waals surface area (Å²) in [6.07, 6.45) is 9.33. The van der Waals surface area contributed by atoms with Crippen LogP contribution in [-0.2, 0) is 4.84 Å². The van der Waals surface area contributed by atoms with E-state index in [9.17, 15) is 0 Å². The van der Waals surface area contributed by atoms with Gasteiger partial charge in [0.15, 0.2) is 0 Å². The van der Waals surface area contributed by atoms with Gasteiger partial charge in [-0.15, -0.1) is 0 Å². The second kappa shape index (κ2) is 6.39. The molecule has 1 saturated carbocycles. The minimum atomic E-state index is 0.675. The van der Waals surface area contributed by atoms with Crippen LogP contribution in [0.4, 0.5) is 0 Å². The highest BCUT2D eigenvalue weighted by atomic mass is 16.6. The predicted octanol–water partition coefficient (Wildman–Crippen LogP) is 2.91. The summed E-state index contributed by atoms with van der Waals surface area (Å²) < 4.78 is 0. The molecule has 2 rings (SSSR count). The molecule has 1 heterocycles. The third-order valence-electron chi connectivity index (χ3n) is 4.36. The Kier molecular flexibility index (Phi) is 4.84. The van der Waals surface area contributed by atoms with Crippen molar-refractivity contribution in [2.45, 2.75) is 44.9 Å². The van der Waals surface area contributed by atoms with Gasteiger partial charge in [0.1, 0.15) is 7.11 Å². The number of hydrogen-bond acceptors (Lipinski definition) is 3. The Morgan fingerprint density at radius 1 is 1.00 bits per heavy atom. The fourth-order valence-electron chi connectivity index (χ4n) is 3.29. The maximum absolute atomic E-state index is 5.11. The molecule has 1 saturated heterocycles. The van der Waals surface area contributed by atoms with E-state index in [4.69, 9.17) is 4.84 Å². The van der Waals surface area contributed by atoms with E-state index < -0.39 is 0 Å². The van der Waals surface area contributed by atoms with Crippen LogP contribution < -0.4 is 0 Å². The Labute approximate surface area is 105 Å². The van der Waals surface area contributed by atoms with Gasteiger partial charge >= 0.3 is 0 Å². The van der Waals surface area contributed by atoms with Crippen LogP contribution in [0.1, 0.15) is 44.9 Å². The summed E-state index contributed by atoms with van der Waals surface area (Å²) in [4.78, 5) is 7.53. The highest BCUT2D eigenvalue weighted by Crippen LogP contribution is 2.31. The highest BCUT2D eigenvalue weighted by molar-refractivity contribution is 5.88. The first-order valence-electron chi connectivity index (χ1n) is 7.10. The molecule has 2 fully saturated rings. The van der Waals surface area contributed by atoms with Crippen molar-refractivity contribution in [1.82, 2.24) is 4.90 Å². The highest BCUT2D eigenvalue weighted by Gasteiger charge is 2.29. The van der Waals surface area contributed by atoms with Crippen LogP contribution in [0.3, 0.4) is 0 Å². The summed E-state index contributed by atoms with van der Waals surface area (Å²) in [5, 5.41) is 4.39. The minimum absolute atomic E-state index is 0.675. The van der Waals surface area contributed by atoms with Crippen molar-refractivity contribution in [3.05, 3.63) is 0 Å². The molecule has 0 spiro atoms. The van der Waals surface area contributed by atoms with Crippen LogP contribution in [0.2, 0.25) is 0 Å². The standard InChI is InChI=1S/C14H26N2O/c1-16-10-8-13(9-11-16)14(15-17-2)12-6-4-3-5-7-12/h12-13H,3-11H2,1-2H3. The second-order valence-corrected chi connectivity index (χ2v) is 5.61. The van der Waals surface area contributed by atoms with Gasteiger partial charge in [0.05, 0.1) is 5.71 Å². The van der Waals surface area contributed by atoms with Crippen LogP contribution in [0.25, 0.3) is 0 Å². The molecule has 0 atom stereocenters. The molecule has 0 aromatic carbocycles. The van der Waals surface area contributed by atoms with Gasteiger partial charge in [-0.2, -0.15) is 0 Å². The molecule has 0 N–H and O–H groups in total. The molecule has 0 radical (unpaired) electrons. The summed E-state index contributed by atoms with van der Waals surface area (Å²) in [6.45, 7) is 2.42. The molecule has 0 aromatic rings. The van der Waals surface area contributed by atoms with Crippen molar-refractivity contribution in [1.29, 1.82) is 0 Å². The zero-order chi connectivity index (χ0) is 12.1. The topological polar surface area (TPSA) is 24.8 Å². The van der Waals surface area contributed by atoms with E-state index in [2.05, 4.69) is 17.1 Å². The van der Waals surface area contributed by atoms with E-state index in [0.29, 0.717) is 11.8 Å². The number of likely N-dealkylation sites (tertiary alicyclic amines) is 1. The zero-order valence-electron chi connectivity index (χ0n) is 11.3. The largest absolute Gasteiger partial charge is 0.399 e. The van der Waals surface area contributed by atoms with Crippen LogP contribution in [0.15, 0.2) is 5.16 Å². The Hall–Kier alpha value is -0.570. The first-order valence-corrected chi connectivity index (χ1v) is 7.10. The summed E-state index contributed by atoms with van der Waals surface area (Å²) in [5.41, 5.74) is 1.38. The third-order valence-corrected chi connectivity index (χ3v) is 4.36. The number of nitrogens with zero attached hydrogens (tertiary/aromatic N) is 2. The van der Waals surface area contributed by atoms with Gasteiger partial charge in [0.2, 0.25) is 0 Å². The van der Waals surface area contributed by atoms with Gasteiger partial charge in [-0.3, -0.25) is 0 Å². The number of piperidine rings is 1. The van der Waals surface area contributed by atoms with Crippen molar-refractivity contribution in [2.75, 3.05) is 27.2 Å². The summed E-state index contributed by atoms with van der Waals surface area (Å²) in [6, 6.07) is 0. The predicted molar refractivity (Wildman–Crippen MR) is 71.2 cm³/mol. The molecule has 98 valence electrons. The number of rotatable bonds is 3. The smallest absolute Gasteiger partial charge is 0.106 e. The van der Waals surface area contributed by atoms with Gasteiger partial charge in [-0.25, -0.2) is 0 Å². The fraction of sp³-hybridized carbons (Fsp3) is 0.929. The monoisotopic (exact) mass is 238 g/mol. The Balaban J connectivity index is 1.98. The molecule has 3 nitrogen and oxygen atoms in total. The molecular weight excluding hydrogens is 212 g/mol. The van der Waals surface area contributed by atoms with E-state index in [1.807, 2.05) is 0 Å². The lowest BCUT2D eigenvalue weighted by molar-refractivity contribution is 0.197. The summed E-state index contributed by atoms with van der Waals surface area (Å²) >= 11 is 0. The van der Waals surface area contributed by atoms with Crippen LogP contribution in [0, 0.1) is 11.8 Å². The third kappa shape index (κ3) is 3.44. The lowest BCUT2D eigenvalue weighted by Gasteiger charge is -2.33. The molecular formula is C14H26N2O. The first kappa shape index (κ1) is 12.9. The van der Waals surface area contributed by atoms with Crippen molar-refractivity contribution in [3.63, 3.8) is 0 Å². The van der Waals surface area contributed by atoms with Crippen molar-refractivity contribution in [2.24, 2.45) is 17.0 Å². The quantitative estimate of drug-likeness (QED) is 0.558. The van der Waals surface area contributed by atoms with Crippen molar-refractivity contribution < 1.29 is 4.84 Å². The van der Waals surface area contributed by atoms with Gasteiger partial charge in [0, 0.05) is 11.8 Å². The van der Waals surface area contributed by atoms with E-state index >= 15 is 0 Å². The number of oxime groups is 1. The first-order chi connectivity index (χ1) is 8.31. The Morgan fingerprint density at radius 3 is 2.18 bits per heavy atom. The molecule has 1 aliphatic carbocycles. The van der Waals surface area contributed by atoms with Crippen LogP contribution in [0.5, 0.6) is 0 Å². The van der Waals surface area contributed by atoms with E-state index in [1.54, 1.807) is 7.11 Å². The van der Waals surface area contributed by atoms with E-state index in [0.717, 1.165) is 0 Å². The summed E-state index contributed by atoms with van der Waals surface area (Å²) in [5.74, 6) is 1.38. The SMILES string of the molecule is CON=C(C1CCCCC1)C1CCN(C)CC1. The lowest BCUT2D eigenvalue weighted by Crippen LogP contribution is -2.36. The molecule has 0 aromatic heterocycles. The average Bonchev–Trinajstić information content (AvgIpc) is 2.38. The molecule has 2 aliphatic rings. The summed E-state index contributed by atoms with van der Waals surface area (Å²) in [7, 11) is 3.90. The van der Waals surface area contributed by atoms with Crippen LogP contribution in [-0.4, -0.2) is 37.9 Å². The maximum Gasteiger partial charge on any atom is 0.106 e. The number of hydrogen-bond donors (Lipinski definition) is 0. The van der Waals surface area contributed by atoms with Gasteiger partial charge in [0.25, 0.3) is 0 Å². The second-order valence-electron chi connectivity index (χ2n) is 5.61. The van der Waals surface area contributed by atoms with Crippen LogP contribution >= 0.6 is 0 Å². The lowest BCUT2D eigenvalue weighted by atomic mass is 9.78. The molecule has 17 heavy (non-hydrogen) atoms. The molecule has 1 aliphatic heterocycles. The van der Waals surface area contributed by atoms with E-state index in [1.165, 1.54) is 63.7 Å². The van der Waals surface area contributed by atoms with E-state index in [-0.39, 0.29) is 0 Å². The Morgan fingerprint density at radius 2 is 1.59 bits per heavy atom. The molecule has 3 heteroatoms. The zero-order valence-corrected chi connectivity index (χ0v) is 11.3. The van der Waals surface area contributed by atoms with Gasteiger partial charge in [-0.05, 0) is 45.8 Å². The van der Waals surface area contributed by atoms with Crippen molar-refractivity contribution >= 4 is 5.71 Å². The fourth-order valence-corrected chi connectivity index (χ4v) is 3.29. The van der Waals surface area contributed by atoms with Gasteiger partial charge in [-0.1, -0.05) is 24.4 Å². The Bertz CT molecular complexity index is 251. The average molecular weight is 238 g/mol. The van der Waals surface area contributed by atoms with Gasteiger partial charge < -0.3 is 9.74 Å². The van der Waals surface area contributed by atoms with Crippen molar-refractivity contribution in [3.8, 4) is 0 Å². The minimum Gasteiger partial charge on any atom is -0.399 e. The normalized spacial score (nSPS) is 26.1. The molecule has 0 bridgehead atoms.